The van der Waals surface area contributed by atoms with Gasteiger partial charge in [-0.2, -0.15) is 13.2 Å². The van der Waals surface area contributed by atoms with E-state index in [2.05, 4.69) is 5.32 Å². The number of alkyl halides is 3. The molecule has 1 aromatic carbocycles. The number of nitrogens with two attached hydrogens (primary N) is 1. The smallest absolute Gasteiger partial charge is 0.336 e. The van der Waals surface area contributed by atoms with E-state index in [1.807, 2.05) is 0 Å². The monoisotopic (exact) mass is 427 g/mol. The van der Waals surface area contributed by atoms with Crippen LogP contribution in [0.4, 0.5) is 18.9 Å². The molecule has 10 heteroatoms. The van der Waals surface area contributed by atoms with E-state index in [0.717, 1.165) is 31.4 Å². The van der Waals surface area contributed by atoms with Crippen LogP contribution in [0, 0.1) is 5.92 Å². The Bertz CT molecular complexity index is 686. The van der Waals surface area contributed by atoms with Gasteiger partial charge in [0.1, 0.15) is 0 Å². The van der Waals surface area contributed by atoms with E-state index in [9.17, 15) is 22.8 Å². The molecule has 0 unspecified atom stereocenters. The van der Waals surface area contributed by atoms with Gasteiger partial charge in [0.2, 0.25) is 11.8 Å². The zero-order chi connectivity index (χ0) is 19.5. The molecule has 0 saturated heterocycles. The molecule has 2 amide bonds. The fraction of sp³-hybridized carbons (Fsp3) is 0.529. The first kappa shape index (κ1) is 23.5. The van der Waals surface area contributed by atoms with Crippen molar-refractivity contribution in [1.29, 1.82) is 0 Å². The summed E-state index contributed by atoms with van der Waals surface area (Å²) in [5, 5.41) is 1.91. The number of likely N-dealkylation sites (N-methyl/N-ethyl adjacent to an activating group) is 1. The maximum Gasteiger partial charge on any atom is 0.417 e. The van der Waals surface area contributed by atoms with Gasteiger partial charge in [0, 0.05) is 25.2 Å². The molecular weight excluding hydrogens is 406 g/mol. The molecule has 1 aliphatic rings. The van der Waals surface area contributed by atoms with Gasteiger partial charge in [-0.15, -0.1) is 12.4 Å². The van der Waals surface area contributed by atoms with Crippen molar-refractivity contribution in [2.75, 3.05) is 18.9 Å². The van der Waals surface area contributed by atoms with E-state index >= 15 is 0 Å². The summed E-state index contributed by atoms with van der Waals surface area (Å²) in [6.45, 7) is -0.259. The molecule has 0 heterocycles. The predicted octanol–water partition coefficient (Wildman–Crippen LogP) is 3.70. The fourth-order valence-corrected chi connectivity index (χ4v) is 3.25. The summed E-state index contributed by atoms with van der Waals surface area (Å²) < 4.78 is 38.5. The molecule has 5 nitrogen and oxygen atoms in total. The Kier molecular flexibility index (Phi) is 8.38. The van der Waals surface area contributed by atoms with E-state index in [1.165, 1.54) is 18.0 Å². The lowest BCUT2D eigenvalue weighted by molar-refractivity contribution is -0.137. The van der Waals surface area contributed by atoms with Crippen LogP contribution in [0.25, 0.3) is 0 Å². The second kappa shape index (κ2) is 9.61. The topological polar surface area (TPSA) is 75.4 Å². The molecule has 1 aliphatic carbocycles. The first-order valence-electron chi connectivity index (χ1n) is 8.24. The first-order valence-corrected chi connectivity index (χ1v) is 8.62. The molecule has 0 radical (unpaired) electrons. The molecule has 0 aliphatic heterocycles. The average Bonchev–Trinajstić information content (AvgIpc) is 2.93. The number of amides is 2. The van der Waals surface area contributed by atoms with Crippen molar-refractivity contribution in [1.82, 2.24) is 4.90 Å². The van der Waals surface area contributed by atoms with Crippen LogP contribution < -0.4 is 11.1 Å². The van der Waals surface area contributed by atoms with Crippen LogP contribution in [-0.2, 0) is 15.8 Å². The molecule has 0 spiro atoms. The molecule has 1 aromatic rings. The van der Waals surface area contributed by atoms with Gasteiger partial charge in [-0.05, 0) is 37.0 Å². The van der Waals surface area contributed by atoms with E-state index < -0.39 is 22.7 Å². The highest BCUT2D eigenvalue weighted by atomic mass is 35.5. The summed E-state index contributed by atoms with van der Waals surface area (Å²) in [5.41, 5.74) is 4.87. The van der Waals surface area contributed by atoms with Crippen molar-refractivity contribution in [3.8, 4) is 0 Å². The Hall–Kier alpha value is -1.51. The third-order valence-corrected chi connectivity index (χ3v) is 4.85. The molecule has 3 N–H and O–H groups in total. The quantitative estimate of drug-likeness (QED) is 0.751. The minimum absolute atomic E-state index is 0. The molecule has 0 bridgehead atoms. The van der Waals surface area contributed by atoms with Gasteiger partial charge >= 0.3 is 6.18 Å². The predicted molar refractivity (Wildman–Crippen MR) is 99.9 cm³/mol. The number of hydrogen-bond donors (Lipinski definition) is 2. The zero-order valence-corrected chi connectivity index (χ0v) is 16.3. The van der Waals surface area contributed by atoms with Gasteiger partial charge in [0.15, 0.2) is 0 Å². The Morgan fingerprint density at radius 2 is 2.00 bits per heavy atom. The summed E-state index contributed by atoms with van der Waals surface area (Å²) in [4.78, 5) is 25.5. The first-order chi connectivity index (χ1) is 12.1. The van der Waals surface area contributed by atoms with Gasteiger partial charge in [-0.25, -0.2) is 0 Å². The minimum atomic E-state index is -4.62. The normalized spacial score (nSPS) is 19.3. The van der Waals surface area contributed by atoms with Gasteiger partial charge in [0.05, 0.1) is 17.1 Å². The van der Waals surface area contributed by atoms with E-state index in [4.69, 9.17) is 17.3 Å². The van der Waals surface area contributed by atoms with Crippen molar-refractivity contribution < 1.29 is 22.8 Å². The van der Waals surface area contributed by atoms with Crippen LogP contribution >= 0.6 is 24.0 Å². The highest BCUT2D eigenvalue weighted by molar-refractivity contribution is 6.31. The zero-order valence-electron chi connectivity index (χ0n) is 14.7. The number of carbonyl (C=O) groups is 2. The van der Waals surface area contributed by atoms with Crippen LogP contribution in [0.3, 0.4) is 0 Å². The number of anilines is 1. The second-order valence-electron chi connectivity index (χ2n) is 6.55. The lowest BCUT2D eigenvalue weighted by Gasteiger charge is -2.21. The number of rotatable bonds is 5. The summed E-state index contributed by atoms with van der Waals surface area (Å²) >= 11 is 5.54. The van der Waals surface area contributed by atoms with Crippen LogP contribution in [0.2, 0.25) is 5.02 Å². The van der Waals surface area contributed by atoms with E-state index in [1.54, 1.807) is 0 Å². The molecule has 2 atom stereocenters. The second-order valence-corrected chi connectivity index (χ2v) is 6.96. The lowest BCUT2D eigenvalue weighted by Crippen LogP contribution is -2.37. The maximum atomic E-state index is 12.8. The van der Waals surface area contributed by atoms with Gasteiger partial charge in [0.25, 0.3) is 0 Å². The summed E-state index contributed by atoms with van der Waals surface area (Å²) in [5.74, 6) is -0.694. The fourth-order valence-electron chi connectivity index (χ4n) is 3.02. The number of nitrogens with one attached hydrogen (secondary N) is 1. The van der Waals surface area contributed by atoms with Crippen molar-refractivity contribution >= 4 is 41.5 Å². The van der Waals surface area contributed by atoms with Crippen molar-refractivity contribution in [3.05, 3.63) is 28.8 Å². The Labute approximate surface area is 166 Å². The highest BCUT2D eigenvalue weighted by Gasteiger charge is 2.33. The van der Waals surface area contributed by atoms with Crippen molar-refractivity contribution in [2.45, 2.75) is 37.9 Å². The number of carbonyl (C=O) groups excluding carboxylic acids is 2. The van der Waals surface area contributed by atoms with E-state index in [0.29, 0.717) is 0 Å². The third kappa shape index (κ3) is 6.55. The summed E-state index contributed by atoms with van der Waals surface area (Å²) in [6, 6.07) is 3.10. The Morgan fingerprint density at radius 3 is 2.56 bits per heavy atom. The average molecular weight is 428 g/mol. The molecule has 1 saturated carbocycles. The molecule has 27 heavy (non-hydrogen) atoms. The van der Waals surface area contributed by atoms with Crippen LogP contribution in [0.15, 0.2) is 18.2 Å². The molecule has 1 fully saturated rings. The number of hydrogen-bond acceptors (Lipinski definition) is 3. The Balaban J connectivity index is 0.00000364. The minimum Gasteiger partial charge on any atom is -0.336 e. The molecule has 0 aromatic heterocycles. The number of benzene rings is 1. The molecule has 2 rings (SSSR count). The van der Waals surface area contributed by atoms with Crippen LogP contribution in [0.5, 0.6) is 0 Å². The van der Waals surface area contributed by atoms with Crippen molar-refractivity contribution in [3.63, 3.8) is 0 Å². The number of halogens is 5. The molecule has 152 valence electrons. The van der Waals surface area contributed by atoms with E-state index in [-0.39, 0.29) is 48.9 Å². The summed E-state index contributed by atoms with van der Waals surface area (Å²) in [6.07, 6.45) is -1.59. The van der Waals surface area contributed by atoms with Gasteiger partial charge < -0.3 is 16.0 Å². The van der Waals surface area contributed by atoms with Gasteiger partial charge in [-0.1, -0.05) is 18.0 Å². The van der Waals surface area contributed by atoms with Crippen LogP contribution in [0.1, 0.15) is 31.2 Å². The third-order valence-electron chi connectivity index (χ3n) is 4.52. The molecular formula is C17H22Cl2F3N3O2. The van der Waals surface area contributed by atoms with Gasteiger partial charge in [-0.3, -0.25) is 9.59 Å². The standard InChI is InChI=1S/C17H21ClF3N3O2.ClH/c1-24(16(26)7-10-3-2-4-14(10)22)9-15(25)23-11-5-6-13(18)12(8-11)17(19,20)21;/h5-6,8,10,14H,2-4,7,9,22H2,1H3,(H,23,25);1H/t10-,14+;/m0./s1. The highest BCUT2D eigenvalue weighted by Crippen LogP contribution is 2.36. The Morgan fingerprint density at radius 1 is 1.33 bits per heavy atom. The van der Waals surface area contributed by atoms with Crippen molar-refractivity contribution in [2.24, 2.45) is 11.7 Å². The lowest BCUT2D eigenvalue weighted by atomic mass is 9.99. The van der Waals surface area contributed by atoms with Crippen LogP contribution in [-0.4, -0.2) is 36.3 Å². The largest absolute Gasteiger partial charge is 0.417 e. The SMILES string of the molecule is CN(CC(=O)Nc1ccc(Cl)c(C(F)(F)F)c1)C(=O)C[C@@H]1CCC[C@H]1N.Cl. The maximum absolute atomic E-state index is 12.8. The summed E-state index contributed by atoms with van der Waals surface area (Å²) in [7, 11) is 1.48. The number of nitrogens with zero attached hydrogens (tertiary/aromatic N) is 1.